The third-order valence-electron chi connectivity index (χ3n) is 6.07. The number of benzene rings is 3. The summed E-state index contributed by atoms with van der Waals surface area (Å²) in [6.07, 6.45) is 0.831. The quantitative estimate of drug-likeness (QED) is 0.0712. The highest BCUT2D eigenvalue weighted by Crippen LogP contribution is 2.22. The molecule has 3 aromatic carbocycles. The molecule has 44 heavy (non-hydrogen) atoms. The Balaban J connectivity index is 1.40. The zero-order valence-corrected chi connectivity index (χ0v) is 23.8. The first-order chi connectivity index (χ1) is 21.0. The number of alkyl halides is 3. The number of anilines is 1. The molecule has 11 heteroatoms. The Labute approximate surface area is 252 Å². The van der Waals surface area contributed by atoms with Crippen molar-refractivity contribution in [3.8, 4) is 11.5 Å². The van der Waals surface area contributed by atoms with E-state index in [1.165, 1.54) is 41.3 Å². The molecular formula is C33H30F3NO7. The zero-order valence-electron chi connectivity index (χ0n) is 23.8. The van der Waals surface area contributed by atoms with Crippen molar-refractivity contribution < 1.29 is 46.6 Å². The topological polar surface area (TPSA) is 99.2 Å². The lowest BCUT2D eigenvalue weighted by Crippen LogP contribution is -2.23. The van der Waals surface area contributed by atoms with Crippen LogP contribution >= 0.6 is 0 Å². The fourth-order valence-electron chi connectivity index (χ4n) is 3.69. The molecule has 0 N–H and O–H groups in total. The van der Waals surface area contributed by atoms with Gasteiger partial charge >= 0.3 is 18.1 Å². The molecule has 230 valence electrons. The molecule has 0 aliphatic rings. The van der Waals surface area contributed by atoms with Gasteiger partial charge in [-0.2, -0.15) is 13.2 Å². The summed E-state index contributed by atoms with van der Waals surface area (Å²) in [7, 11) is 1.59. The highest BCUT2D eigenvalue weighted by molar-refractivity contribution is 6.02. The molecule has 0 saturated carbocycles. The minimum Gasteiger partial charge on any atom is -0.494 e. The molecule has 0 heterocycles. The molecule has 0 saturated heterocycles. The van der Waals surface area contributed by atoms with Crippen molar-refractivity contribution in [2.45, 2.75) is 25.4 Å². The average molecular weight is 610 g/mol. The number of aldehydes is 1. The van der Waals surface area contributed by atoms with Crippen LogP contribution in [0.3, 0.4) is 0 Å². The van der Waals surface area contributed by atoms with E-state index in [1.54, 1.807) is 49.5 Å². The van der Waals surface area contributed by atoms with Gasteiger partial charge in [-0.1, -0.05) is 24.3 Å². The van der Waals surface area contributed by atoms with E-state index in [1.807, 2.05) is 12.1 Å². The smallest absolute Gasteiger partial charge is 0.389 e. The van der Waals surface area contributed by atoms with Crippen LogP contribution < -0.4 is 14.4 Å². The number of allylic oxidation sites excluding steroid dienone is 1. The van der Waals surface area contributed by atoms with Gasteiger partial charge < -0.3 is 19.1 Å². The van der Waals surface area contributed by atoms with E-state index in [4.69, 9.17) is 14.2 Å². The second kappa shape index (κ2) is 16.4. The first-order valence-electron chi connectivity index (χ1n) is 13.5. The summed E-state index contributed by atoms with van der Waals surface area (Å²) in [5, 5.41) is 0. The number of ether oxygens (including phenoxy) is 3. The molecule has 3 rings (SSSR count). The van der Waals surface area contributed by atoms with E-state index in [2.05, 4.69) is 0 Å². The molecule has 0 fully saturated rings. The zero-order chi connectivity index (χ0) is 32.0. The number of esters is 2. The number of rotatable bonds is 14. The molecule has 0 unspecified atom stereocenters. The lowest BCUT2D eigenvalue weighted by atomic mass is 10.1. The monoisotopic (exact) mass is 609 g/mol. The molecule has 0 aliphatic heterocycles. The van der Waals surface area contributed by atoms with Gasteiger partial charge in [-0.15, -0.1) is 0 Å². The average Bonchev–Trinajstić information content (AvgIpc) is 3.01. The van der Waals surface area contributed by atoms with E-state index in [-0.39, 0.29) is 36.9 Å². The number of halogens is 3. The standard InChI is InChI=1S/C33H30F3NO7/c1-37(30(39)4-2-21-38)27-12-5-25(6-13-27)19-23-43-31(40)18-9-24-7-14-29(15-8-24)44-32(41)26-10-16-28(17-11-26)42-22-3-20-33(34,35)36/h2,4-18,21H,3,19-20,22-23H2,1H3/b4-2-,18-9+. The Morgan fingerprint density at radius 3 is 2.14 bits per heavy atom. The van der Waals surface area contributed by atoms with Crippen LogP contribution in [0.15, 0.2) is 91.0 Å². The summed E-state index contributed by atoms with van der Waals surface area (Å²) in [4.78, 5) is 48.2. The molecular weight excluding hydrogens is 579 g/mol. The van der Waals surface area contributed by atoms with Gasteiger partial charge in [-0.05, 0) is 78.2 Å². The van der Waals surface area contributed by atoms with Gasteiger partial charge in [-0.3, -0.25) is 9.59 Å². The third kappa shape index (κ3) is 11.6. The second-order valence-corrected chi connectivity index (χ2v) is 9.36. The van der Waals surface area contributed by atoms with Crippen molar-refractivity contribution in [2.24, 2.45) is 0 Å². The Hall–Kier alpha value is -5.19. The highest BCUT2D eigenvalue weighted by Gasteiger charge is 2.26. The van der Waals surface area contributed by atoms with Gasteiger partial charge in [0.05, 0.1) is 18.8 Å². The van der Waals surface area contributed by atoms with Crippen LogP contribution in [0.4, 0.5) is 18.9 Å². The van der Waals surface area contributed by atoms with E-state index >= 15 is 0 Å². The van der Waals surface area contributed by atoms with Crippen LogP contribution in [-0.2, 0) is 25.5 Å². The second-order valence-electron chi connectivity index (χ2n) is 9.36. The third-order valence-corrected chi connectivity index (χ3v) is 6.07. The first kappa shape index (κ1) is 33.3. The molecule has 3 aromatic rings. The number of amides is 1. The number of carbonyl (C=O) groups excluding carboxylic acids is 4. The van der Waals surface area contributed by atoms with Crippen LogP contribution in [0, 0.1) is 0 Å². The molecule has 0 spiro atoms. The van der Waals surface area contributed by atoms with Gasteiger partial charge in [0.25, 0.3) is 5.91 Å². The Morgan fingerprint density at radius 2 is 1.50 bits per heavy atom. The van der Waals surface area contributed by atoms with Gasteiger partial charge in [0.1, 0.15) is 17.8 Å². The predicted octanol–water partition coefficient (Wildman–Crippen LogP) is 6.14. The van der Waals surface area contributed by atoms with Gasteiger partial charge in [0, 0.05) is 37.7 Å². The fraction of sp³-hybridized carbons (Fsp3) is 0.212. The maximum Gasteiger partial charge on any atom is 0.389 e. The van der Waals surface area contributed by atoms with Crippen molar-refractivity contribution in [1.29, 1.82) is 0 Å². The van der Waals surface area contributed by atoms with E-state index < -0.39 is 24.5 Å². The lowest BCUT2D eigenvalue weighted by molar-refractivity contribution is -0.138. The Morgan fingerprint density at radius 1 is 0.841 bits per heavy atom. The number of likely N-dealkylation sites (N-methyl/N-ethyl adjacent to an activating group) is 1. The minimum absolute atomic E-state index is 0.0934. The summed E-state index contributed by atoms with van der Waals surface area (Å²) >= 11 is 0. The molecule has 0 radical (unpaired) electrons. The molecule has 0 aromatic heterocycles. The molecule has 0 aliphatic carbocycles. The maximum atomic E-state index is 12.4. The number of carbonyl (C=O) groups is 4. The molecule has 0 bridgehead atoms. The normalized spacial score (nSPS) is 11.4. The summed E-state index contributed by atoms with van der Waals surface area (Å²) in [5.41, 5.74) is 2.47. The SMILES string of the molecule is CN(C(=O)/C=C\C=O)c1ccc(CCOC(=O)/C=C/c2ccc(OC(=O)c3ccc(OCCCC(F)(F)F)cc3)cc2)cc1. The van der Waals surface area contributed by atoms with Crippen molar-refractivity contribution in [1.82, 2.24) is 0 Å². The largest absolute Gasteiger partial charge is 0.494 e. The Kier molecular flexibility index (Phi) is 12.5. The van der Waals surface area contributed by atoms with Crippen molar-refractivity contribution in [3.63, 3.8) is 0 Å². The summed E-state index contributed by atoms with van der Waals surface area (Å²) in [5.74, 6) is -0.863. The number of nitrogens with zero attached hydrogens (tertiary/aromatic N) is 1. The van der Waals surface area contributed by atoms with Gasteiger partial charge in [-0.25, -0.2) is 9.59 Å². The van der Waals surface area contributed by atoms with Crippen molar-refractivity contribution in [3.05, 3.63) is 108 Å². The molecule has 0 atom stereocenters. The van der Waals surface area contributed by atoms with Crippen LogP contribution in [0.2, 0.25) is 0 Å². The van der Waals surface area contributed by atoms with E-state index in [0.717, 1.165) is 11.6 Å². The lowest BCUT2D eigenvalue weighted by Gasteiger charge is -2.15. The number of hydrogen-bond acceptors (Lipinski definition) is 7. The Bertz CT molecular complexity index is 1460. The maximum absolute atomic E-state index is 12.4. The summed E-state index contributed by atoms with van der Waals surface area (Å²) in [6.45, 7) is 0.0588. The summed E-state index contributed by atoms with van der Waals surface area (Å²) in [6, 6.07) is 19.5. The van der Waals surface area contributed by atoms with Gasteiger partial charge in [0.2, 0.25) is 0 Å². The van der Waals surface area contributed by atoms with Crippen LogP contribution in [0.1, 0.15) is 34.3 Å². The van der Waals surface area contributed by atoms with Crippen molar-refractivity contribution >= 4 is 35.9 Å². The minimum atomic E-state index is -4.23. The van der Waals surface area contributed by atoms with Crippen LogP contribution in [-0.4, -0.2) is 50.6 Å². The molecule has 1 amide bonds. The van der Waals surface area contributed by atoms with E-state index in [9.17, 15) is 32.3 Å². The van der Waals surface area contributed by atoms with Crippen molar-refractivity contribution in [2.75, 3.05) is 25.2 Å². The first-order valence-corrected chi connectivity index (χ1v) is 13.5. The highest BCUT2D eigenvalue weighted by atomic mass is 19.4. The van der Waals surface area contributed by atoms with Crippen LogP contribution in [0.5, 0.6) is 11.5 Å². The van der Waals surface area contributed by atoms with E-state index in [0.29, 0.717) is 29.7 Å². The fourth-order valence-corrected chi connectivity index (χ4v) is 3.69. The predicted molar refractivity (Wildman–Crippen MR) is 157 cm³/mol. The van der Waals surface area contributed by atoms with Gasteiger partial charge in [0.15, 0.2) is 0 Å². The molecule has 8 nitrogen and oxygen atoms in total. The number of hydrogen-bond donors (Lipinski definition) is 0. The summed E-state index contributed by atoms with van der Waals surface area (Å²) < 4.78 is 52.5. The van der Waals surface area contributed by atoms with Crippen LogP contribution in [0.25, 0.3) is 6.08 Å².